The first-order valence-electron chi connectivity index (χ1n) is 8.98. The van der Waals surface area contributed by atoms with Gasteiger partial charge in [-0.3, -0.25) is 0 Å². The summed E-state index contributed by atoms with van der Waals surface area (Å²) in [6.45, 7) is 9.32. The van der Waals surface area contributed by atoms with Gasteiger partial charge in [-0.25, -0.2) is 19.9 Å². The number of anilines is 2. The van der Waals surface area contributed by atoms with Crippen molar-refractivity contribution in [1.82, 2.24) is 19.9 Å². The number of aromatic nitrogens is 4. The average Bonchev–Trinajstić information content (AvgIpc) is 2.67. The van der Waals surface area contributed by atoms with Crippen molar-refractivity contribution in [2.75, 3.05) is 36.0 Å². The van der Waals surface area contributed by atoms with Crippen molar-refractivity contribution in [2.24, 2.45) is 0 Å². The van der Waals surface area contributed by atoms with Crippen LogP contribution in [0.25, 0.3) is 0 Å². The van der Waals surface area contributed by atoms with Crippen LogP contribution in [0.1, 0.15) is 44.1 Å². The van der Waals surface area contributed by atoms with E-state index in [2.05, 4.69) is 39.7 Å². The van der Waals surface area contributed by atoms with Crippen molar-refractivity contribution in [2.45, 2.75) is 39.7 Å². The fourth-order valence-electron chi connectivity index (χ4n) is 2.92. The summed E-state index contributed by atoms with van der Waals surface area (Å²) < 4.78 is 0. The van der Waals surface area contributed by atoms with Crippen molar-refractivity contribution in [1.29, 1.82) is 0 Å². The largest absolute Gasteiger partial charge is 0.385 e. The predicted molar refractivity (Wildman–Crippen MR) is 97.9 cm³/mol. The first kappa shape index (κ1) is 17.5. The van der Waals surface area contributed by atoms with Crippen molar-refractivity contribution in [3.05, 3.63) is 35.5 Å². The third-order valence-electron chi connectivity index (χ3n) is 4.46. The van der Waals surface area contributed by atoms with Gasteiger partial charge >= 0.3 is 0 Å². The molecule has 1 fully saturated rings. The molecule has 0 bridgehead atoms. The van der Waals surface area contributed by atoms with E-state index in [9.17, 15) is 5.11 Å². The van der Waals surface area contributed by atoms with Crippen molar-refractivity contribution < 1.29 is 5.11 Å². The van der Waals surface area contributed by atoms with Crippen molar-refractivity contribution in [3.63, 3.8) is 0 Å². The zero-order valence-electron chi connectivity index (χ0n) is 15.2. The van der Waals surface area contributed by atoms with Crippen LogP contribution in [0.4, 0.5) is 11.8 Å². The Morgan fingerprint density at radius 3 is 2.16 bits per heavy atom. The van der Waals surface area contributed by atoms with E-state index in [1.807, 2.05) is 6.07 Å². The molecule has 0 saturated carbocycles. The van der Waals surface area contributed by atoms with Gasteiger partial charge in [-0.1, -0.05) is 13.8 Å². The first-order valence-corrected chi connectivity index (χ1v) is 8.98. The Bertz CT molecular complexity index is 690. The second-order valence-electron chi connectivity index (χ2n) is 6.28. The Morgan fingerprint density at radius 2 is 1.60 bits per heavy atom. The van der Waals surface area contributed by atoms with E-state index >= 15 is 0 Å². The highest BCUT2D eigenvalue weighted by molar-refractivity contribution is 5.42. The van der Waals surface area contributed by atoms with Gasteiger partial charge in [0.15, 0.2) is 5.82 Å². The summed E-state index contributed by atoms with van der Waals surface area (Å²) in [6.07, 6.45) is 2.90. The molecule has 0 spiro atoms. The number of aryl methyl sites for hydroxylation is 2. The van der Waals surface area contributed by atoms with Crippen molar-refractivity contribution >= 4 is 11.8 Å². The van der Waals surface area contributed by atoms with E-state index < -0.39 is 6.10 Å². The molecule has 2 aromatic rings. The number of aliphatic hydroxyl groups excluding tert-OH is 1. The summed E-state index contributed by atoms with van der Waals surface area (Å²) in [7, 11) is 0. The molecule has 3 heterocycles. The second-order valence-corrected chi connectivity index (χ2v) is 6.28. The molecule has 1 aliphatic rings. The Labute approximate surface area is 148 Å². The maximum Gasteiger partial charge on any atom is 0.225 e. The molecule has 25 heavy (non-hydrogen) atoms. The normalized spacial score (nSPS) is 16.2. The topological polar surface area (TPSA) is 78.3 Å². The molecular formula is C18H26N6O. The van der Waals surface area contributed by atoms with E-state index in [-0.39, 0.29) is 0 Å². The quantitative estimate of drug-likeness (QED) is 0.887. The number of hydrogen-bond acceptors (Lipinski definition) is 7. The maximum absolute atomic E-state index is 9.67. The lowest BCUT2D eigenvalue weighted by Gasteiger charge is -2.35. The van der Waals surface area contributed by atoms with E-state index in [1.54, 1.807) is 13.1 Å². The summed E-state index contributed by atoms with van der Waals surface area (Å²) >= 11 is 0. The van der Waals surface area contributed by atoms with Crippen LogP contribution >= 0.6 is 0 Å². The van der Waals surface area contributed by atoms with E-state index in [0.717, 1.165) is 62.2 Å². The predicted octanol–water partition coefficient (Wildman–Crippen LogP) is 1.77. The maximum atomic E-state index is 9.67. The summed E-state index contributed by atoms with van der Waals surface area (Å²) in [5.41, 5.74) is 2.20. The molecule has 0 unspecified atom stereocenters. The van der Waals surface area contributed by atoms with Gasteiger partial charge in [-0.05, 0) is 31.9 Å². The standard InChI is InChI=1S/C18H26N6O/c1-4-14-12-15(5-2)21-18(20-14)24-10-8-23(9-11-24)16-6-7-19-17(22-16)13(3)25/h6-7,12-13,25H,4-5,8-11H2,1-3H3/t13-/m1/s1. The molecule has 1 saturated heterocycles. The number of piperazine rings is 1. The lowest BCUT2D eigenvalue weighted by Crippen LogP contribution is -2.47. The lowest BCUT2D eigenvalue weighted by molar-refractivity contribution is 0.189. The highest BCUT2D eigenvalue weighted by Crippen LogP contribution is 2.19. The fourth-order valence-corrected chi connectivity index (χ4v) is 2.92. The molecule has 134 valence electrons. The zero-order valence-corrected chi connectivity index (χ0v) is 15.2. The summed E-state index contributed by atoms with van der Waals surface area (Å²) in [5.74, 6) is 2.16. The summed E-state index contributed by atoms with van der Waals surface area (Å²) in [4.78, 5) is 22.4. The summed E-state index contributed by atoms with van der Waals surface area (Å²) in [5, 5.41) is 9.67. The molecule has 1 aliphatic heterocycles. The number of rotatable bonds is 5. The van der Waals surface area contributed by atoms with Crippen LogP contribution in [0.3, 0.4) is 0 Å². The second kappa shape index (κ2) is 7.74. The molecule has 7 nitrogen and oxygen atoms in total. The van der Waals surface area contributed by atoms with Crippen LogP contribution in [0.2, 0.25) is 0 Å². The highest BCUT2D eigenvalue weighted by atomic mass is 16.3. The van der Waals surface area contributed by atoms with Crippen LogP contribution in [0.5, 0.6) is 0 Å². The number of hydrogen-bond donors (Lipinski definition) is 1. The van der Waals surface area contributed by atoms with Gasteiger partial charge < -0.3 is 14.9 Å². The number of nitrogens with zero attached hydrogens (tertiary/aromatic N) is 6. The molecule has 2 aromatic heterocycles. The molecule has 0 amide bonds. The Hall–Kier alpha value is -2.28. The molecule has 0 radical (unpaired) electrons. The van der Waals surface area contributed by atoms with E-state index in [1.165, 1.54) is 0 Å². The minimum Gasteiger partial charge on any atom is -0.385 e. The molecular weight excluding hydrogens is 316 g/mol. The van der Waals surface area contributed by atoms with Crippen LogP contribution < -0.4 is 9.80 Å². The van der Waals surface area contributed by atoms with Crippen LogP contribution in [-0.2, 0) is 12.8 Å². The molecule has 1 N–H and O–H groups in total. The van der Waals surface area contributed by atoms with Crippen molar-refractivity contribution in [3.8, 4) is 0 Å². The van der Waals surface area contributed by atoms with Gasteiger partial charge in [0.05, 0.1) is 0 Å². The average molecular weight is 342 g/mol. The summed E-state index contributed by atoms with van der Waals surface area (Å²) in [6, 6.07) is 3.99. The first-order chi connectivity index (χ1) is 12.1. The molecule has 3 rings (SSSR count). The fraction of sp³-hybridized carbons (Fsp3) is 0.556. The molecule has 0 aliphatic carbocycles. The van der Waals surface area contributed by atoms with E-state index in [0.29, 0.717) is 5.82 Å². The third-order valence-corrected chi connectivity index (χ3v) is 4.46. The van der Waals surface area contributed by atoms with Crippen LogP contribution in [-0.4, -0.2) is 51.2 Å². The highest BCUT2D eigenvalue weighted by Gasteiger charge is 2.21. The third kappa shape index (κ3) is 4.04. The van der Waals surface area contributed by atoms with Crippen LogP contribution in [0.15, 0.2) is 18.3 Å². The minimum absolute atomic E-state index is 0.464. The van der Waals surface area contributed by atoms with Gasteiger partial charge in [0.1, 0.15) is 11.9 Å². The van der Waals surface area contributed by atoms with Gasteiger partial charge in [0.25, 0.3) is 0 Å². The Balaban J connectivity index is 1.71. The van der Waals surface area contributed by atoms with Crippen LogP contribution in [0, 0.1) is 0 Å². The zero-order chi connectivity index (χ0) is 17.8. The van der Waals surface area contributed by atoms with Gasteiger partial charge in [-0.2, -0.15) is 0 Å². The Morgan fingerprint density at radius 1 is 1.00 bits per heavy atom. The SMILES string of the molecule is CCc1cc(CC)nc(N2CCN(c3ccnc([C@@H](C)O)n3)CC2)n1. The Kier molecular flexibility index (Phi) is 5.43. The monoisotopic (exact) mass is 342 g/mol. The number of aliphatic hydroxyl groups is 1. The van der Waals surface area contributed by atoms with Gasteiger partial charge in [0, 0.05) is 43.8 Å². The minimum atomic E-state index is -0.654. The molecule has 7 heteroatoms. The smallest absolute Gasteiger partial charge is 0.225 e. The van der Waals surface area contributed by atoms with Gasteiger partial charge in [0.2, 0.25) is 5.95 Å². The lowest BCUT2D eigenvalue weighted by atomic mass is 10.2. The van der Waals surface area contributed by atoms with E-state index in [4.69, 9.17) is 9.97 Å². The molecule has 1 atom stereocenters. The molecule has 0 aromatic carbocycles. The van der Waals surface area contributed by atoms with Gasteiger partial charge in [-0.15, -0.1) is 0 Å².